The van der Waals surface area contributed by atoms with Crippen LogP contribution < -0.4 is 14.4 Å². The lowest BCUT2D eigenvalue weighted by Gasteiger charge is -2.31. The summed E-state index contributed by atoms with van der Waals surface area (Å²) in [5, 5.41) is 19.3. The molecule has 3 aromatic heterocycles. The first-order chi connectivity index (χ1) is 20.1. The summed E-state index contributed by atoms with van der Waals surface area (Å²) in [4.78, 5) is 35.0. The highest BCUT2D eigenvalue weighted by atomic mass is 35.5. The topological polar surface area (TPSA) is 144 Å². The Balaban J connectivity index is 1.47. The summed E-state index contributed by atoms with van der Waals surface area (Å²) in [7, 11) is 1.52. The van der Waals surface area contributed by atoms with Crippen molar-refractivity contribution < 1.29 is 28.9 Å². The Morgan fingerprint density at radius 2 is 1.86 bits per heavy atom. The molecule has 0 saturated heterocycles. The van der Waals surface area contributed by atoms with Crippen molar-refractivity contribution in [2.24, 2.45) is 0 Å². The van der Waals surface area contributed by atoms with Gasteiger partial charge in [-0.3, -0.25) is 4.90 Å². The van der Waals surface area contributed by atoms with Gasteiger partial charge in [0.2, 0.25) is 5.88 Å². The Labute approximate surface area is 248 Å². The van der Waals surface area contributed by atoms with Gasteiger partial charge in [0.05, 0.1) is 59.8 Å². The van der Waals surface area contributed by atoms with E-state index in [-0.39, 0.29) is 35.0 Å². The van der Waals surface area contributed by atoms with Gasteiger partial charge in [0.25, 0.3) is 0 Å². The van der Waals surface area contributed by atoms with Crippen LogP contribution in [0.5, 0.6) is 11.6 Å². The highest BCUT2D eigenvalue weighted by Gasteiger charge is 2.29. The van der Waals surface area contributed by atoms with Gasteiger partial charge in [-0.2, -0.15) is 0 Å². The molecule has 5 rings (SSSR count). The summed E-state index contributed by atoms with van der Waals surface area (Å²) < 4.78 is 27.2. The van der Waals surface area contributed by atoms with E-state index >= 15 is 4.39 Å². The van der Waals surface area contributed by atoms with Crippen molar-refractivity contribution in [1.82, 2.24) is 24.9 Å². The number of nitrogens with zero attached hydrogens (tertiary/aromatic N) is 6. The van der Waals surface area contributed by atoms with Crippen LogP contribution in [0.4, 0.5) is 14.9 Å². The highest BCUT2D eigenvalue weighted by molar-refractivity contribution is 7.21. The molecule has 0 fully saturated rings. The van der Waals surface area contributed by atoms with Crippen molar-refractivity contribution in [2.45, 2.75) is 39.3 Å². The number of aryl methyl sites for hydroxylation is 1. The predicted molar refractivity (Wildman–Crippen MR) is 157 cm³/mol. The van der Waals surface area contributed by atoms with Crippen LogP contribution in [0.1, 0.15) is 25.2 Å². The van der Waals surface area contributed by atoms with Gasteiger partial charge < -0.3 is 19.7 Å². The normalized spacial score (nSPS) is 12.8. The van der Waals surface area contributed by atoms with E-state index in [1.165, 1.54) is 43.1 Å². The van der Waals surface area contributed by atoms with E-state index in [1.807, 2.05) is 19.1 Å². The number of carbonyl (C=O) groups is 1. The zero-order chi connectivity index (χ0) is 30.1. The number of aliphatic hydroxyl groups excluding tert-OH is 1. The van der Waals surface area contributed by atoms with Gasteiger partial charge in [0.15, 0.2) is 11.6 Å². The summed E-state index contributed by atoms with van der Waals surface area (Å²) in [6.45, 7) is 5.05. The van der Waals surface area contributed by atoms with Gasteiger partial charge in [-0.1, -0.05) is 11.6 Å². The van der Waals surface area contributed by atoms with E-state index in [0.29, 0.717) is 38.0 Å². The molecule has 3 heterocycles. The minimum Gasteiger partial charge on any atom is -0.485 e. The fourth-order valence-electron chi connectivity index (χ4n) is 4.42. The standard InChI is InChI=1S/C28H26ClFN6O5S/c1-13-7-17(25-18(8-13)34-22(40-4)12-33-25)27-35-26-20(42-27)9-19(24(30)23(26)29)41-15(3)14(2)36(28(38)39)16-10-31-21(5-6-37)32-11-16/h7-12,14-15,37H,5-6H2,1-4H3,(H,38,39). The number of aromatic nitrogens is 5. The summed E-state index contributed by atoms with van der Waals surface area (Å²) >= 11 is 7.73. The Kier molecular flexibility index (Phi) is 8.34. The highest BCUT2D eigenvalue weighted by Crippen LogP contribution is 2.41. The van der Waals surface area contributed by atoms with Crippen molar-refractivity contribution in [3.63, 3.8) is 0 Å². The first-order valence-electron chi connectivity index (χ1n) is 12.8. The first kappa shape index (κ1) is 29.3. The zero-order valence-electron chi connectivity index (χ0n) is 23.0. The molecule has 0 bridgehead atoms. The number of benzene rings is 2. The number of ether oxygens (including phenoxy) is 2. The minimum atomic E-state index is -1.26. The van der Waals surface area contributed by atoms with Crippen LogP contribution in [-0.4, -0.2) is 67.1 Å². The molecule has 11 nitrogen and oxygen atoms in total. The molecule has 14 heteroatoms. The zero-order valence-corrected chi connectivity index (χ0v) is 24.6. The van der Waals surface area contributed by atoms with Gasteiger partial charge in [0, 0.05) is 18.1 Å². The maximum atomic E-state index is 15.5. The summed E-state index contributed by atoms with van der Waals surface area (Å²) in [5.41, 5.74) is 3.36. The molecule has 1 amide bonds. The number of thiazole rings is 1. The van der Waals surface area contributed by atoms with Crippen molar-refractivity contribution in [2.75, 3.05) is 18.6 Å². The molecule has 218 valence electrons. The molecule has 42 heavy (non-hydrogen) atoms. The second kappa shape index (κ2) is 12.0. The number of hydrogen-bond acceptors (Lipinski definition) is 10. The molecule has 0 aliphatic heterocycles. The van der Waals surface area contributed by atoms with E-state index in [2.05, 4.69) is 24.9 Å². The Morgan fingerprint density at radius 1 is 1.12 bits per heavy atom. The third-order valence-electron chi connectivity index (χ3n) is 6.65. The number of anilines is 1. The molecule has 0 radical (unpaired) electrons. The van der Waals surface area contributed by atoms with Crippen LogP contribution in [0.2, 0.25) is 5.02 Å². The van der Waals surface area contributed by atoms with E-state index < -0.39 is 24.1 Å². The van der Waals surface area contributed by atoms with Crippen LogP contribution in [0, 0.1) is 12.7 Å². The Morgan fingerprint density at radius 3 is 2.52 bits per heavy atom. The monoisotopic (exact) mass is 612 g/mol. The predicted octanol–water partition coefficient (Wildman–Crippen LogP) is 5.68. The molecule has 2 atom stereocenters. The molecule has 0 aliphatic carbocycles. The molecule has 0 saturated carbocycles. The van der Waals surface area contributed by atoms with E-state index in [4.69, 9.17) is 26.2 Å². The molecule has 2 unspecified atom stereocenters. The number of aliphatic hydroxyl groups is 1. The van der Waals surface area contributed by atoms with Crippen LogP contribution >= 0.6 is 22.9 Å². The number of carboxylic acid groups (broad SMARTS) is 1. The Bertz CT molecular complexity index is 1790. The molecular weight excluding hydrogens is 587 g/mol. The number of hydrogen-bond donors (Lipinski definition) is 2. The first-order valence-corrected chi connectivity index (χ1v) is 14.0. The Hall–Kier alpha value is -4.20. The second-order valence-electron chi connectivity index (χ2n) is 9.51. The fraction of sp³-hybridized carbons (Fsp3) is 0.286. The smallest absolute Gasteiger partial charge is 0.412 e. The molecular formula is C28H26ClFN6O5S. The van der Waals surface area contributed by atoms with Crippen molar-refractivity contribution in [3.05, 3.63) is 59.0 Å². The third-order valence-corrected chi connectivity index (χ3v) is 8.03. The van der Waals surface area contributed by atoms with Gasteiger partial charge >= 0.3 is 6.09 Å². The molecule has 2 aromatic carbocycles. The lowest BCUT2D eigenvalue weighted by Crippen LogP contribution is -2.46. The number of fused-ring (bicyclic) bond motifs is 2. The second-order valence-corrected chi connectivity index (χ2v) is 10.9. The summed E-state index contributed by atoms with van der Waals surface area (Å²) in [6.07, 6.45) is 2.40. The van der Waals surface area contributed by atoms with Gasteiger partial charge in [-0.25, -0.2) is 34.1 Å². The minimum absolute atomic E-state index is 0.131. The average molecular weight is 613 g/mol. The maximum Gasteiger partial charge on any atom is 0.412 e. The number of rotatable bonds is 9. The van der Waals surface area contributed by atoms with Crippen LogP contribution in [-0.2, 0) is 6.42 Å². The van der Waals surface area contributed by atoms with Crippen LogP contribution in [0.15, 0.2) is 36.8 Å². The van der Waals surface area contributed by atoms with Gasteiger partial charge in [-0.05, 0) is 38.5 Å². The lowest BCUT2D eigenvalue weighted by atomic mass is 10.1. The molecule has 5 aromatic rings. The molecule has 0 aliphatic rings. The maximum absolute atomic E-state index is 15.5. The fourth-order valence-corrected chi connectivity index (χ4v) is 5.74. The van der Waals surface area contributed by atoms with E-state index in [9.17, 15) is 9.90 Å². The van der Waals surface area contributed by atoms with Crippen molar-refractivity contribution in [3.8, 4) is 22.2 Å². The largest absolute Gasteiger partial charge is 0.485 e. The third kappa shape index (κ3) is 5.62. The number of amides is 1. The van der Waals surface area contributed by atoms with E-state index in [0.717, 1.165) is 10.5 Å². The van der Waals surface area contributed by atoms with Gasteiger partial charge in [-0.15, -0.1) is 11.3 Å². The average Bonchev–Trinajstić information content (AvgIpc) is 3.40. The molecule has 2 N–H and O–H groups in total. The molecule has 0 spiro atoms. The van der Waals surface area contributed by atoms with Crippen LogP contribution in [0.25, 0.3) is 31.8 Å². The summed E-state index contributed by atoms with van der Waals surface area (Å²) in [6, 6.07) is 4.55. The quantitative estimate of drug-likeness (QED) is 0.213. The SMILES string of the molecule is COc1cnc2c(-c3nc4c(Cl)c(F)c(OC(C)C(C)N(C(=O)O)c5cnc(CCO)nc5)cc4s3)cc(C)cc2n1. The van der Waals surface area contributed by atoms with E-state index in [1.54, 1.807) is 13.8 Å². The van der Waals surface area contributed by atoms with Crippen molar-refractivity contribution in [1.29, 1.82) is 0 Å². The van der Waals surface area contributed by atoms with Gasteiger partial charge in [0.1, 0.15) is 27.5 Å². The summed E-state index contributed by atoms with van der Waals surface area (Å²) in [5.74, 6) is -0.188. The van der Waals surface area contributed by atoms with Crippen LogP contribution in [0.3, 0.4) is 0 Å². The number of methoxy groups -OCH3 is 1. The lowest BCUT2D eigenvalue weighted by molar-refractivity contribution is 0.167. The number of halogens is 2. The van der Waals surface area contributed by atoms with Crippen molar-refractivity contribution >= 4 is 56.0 Å².